The third-order valence-corrected chi connectivity index (χ3v) is 2.00. The Hall–Kier alpha value is -1.31. The summed E-state index contributed by atoms with van der Waals surface area (Å²) in [5.41, 5.74) is -1.03. The highest BCUT2D eigenvalue weighted by molar-refractivity contribution is 6.32. The molecule has 4 nitrogen and oxygen atoms in total. The second-order valence-electron chi connectivity index (χ2n) is 2.84. The minimum absolute atomic E-state index is 0.231. The van der Waals surface area contributed by atoms with Crippen LogP contribution in [0.4, 0.5) is 23.2 Å². The quantitative estimate of drug-likeness (QED) is 0.810. The lowest BCUT2D eigenvalue weighted by molar-refractivity contribution is -0.117. The maximum Gasteiger partial charge on any atom is 0.324 e. The number of aromatic amines is 1. The van der Waals surface area contributed by atoms with E-state index in [1.165, 1.54) is 0 Å². The number of halogens is 5. The number of nitrogens with one attached hydrogen (secondary N) is 2. The molecule has 0 aliphatic carbocycles. The van der Waals surface area contributed by atoms with Gasteiger partial charge in [-0.05, 0) is 0 Å². The van der Waals surface area contributed by atoms with Gasteiger partial charge < -0.3 is 5.32 Å². The summed E-state index contributed by atoms with van der Waals surface area (Å²) >= 11 is 5.42. The zero-order chi connectivity index (χ0) is 12.3. The summed E-state index contributed by atoms with van der Waals surface area (Å²) < 4.78 is 48.6. The molecule has 0 spiro atoms. The first-order chi connectivity index (χ1) is 7.34. The molecule has 2 N–H and O–H groups in total. The number of hydrogen-bond acceptors (Lipinski definition) is 3. The van der Waals surface area contributed by atoms with Crippen molar-refractivity contribution in [3.05, 3.63) is 21.6 Å². The Morgan fingerprint density at radius 2 is 2.19 bits per heavy atom. The number of anilines is 1. The molecule has 0 unspecified atom stereocenters. The Morgan fingerprint density at radius 1 is 1.56 bits per heavy atom. The van der Waals surface area contributed by atoms with Crippen molar-refractivity contribution < 1.29 is 17.6 Å². The molecule has 16 heavy (non-hydrogen) atoms. The summed E-state index contributed by atoms with van der Waals surface area (Å²) in [5.74, 6) is -4.20. The molecule has 0 fully saturated rings. The van der Waals surface area contributed by atoms with E-state index in [1.54, 1.807) is 0 Å². The van der Waals surface area contributed by atoms with Crippen LogP contribution < -0.4 is 10.9 Å². The van der Waals surface area contributed by atoms with Gasteiger partial charge in [-0.2, -0.15) is 13.9 Å². The molecule has 90 valence electrons. The van der Waals surface area contributed by atoms with E-state index < -0.39 is 29.5 Å². The Labute approximate surface area is 91.6 Å². The fourth-order valence-electron chi connectivity index (χ4n) is 0.797. The van der Waals surface area contributed by atoms with Crippen molar-refractivity contribution in [1.82, 2.24) is 10.2 Å². The largest absolute Gasteiger partial charge is 0.376 e. The number of nitrogens with zero attached hydrogens (tertiary/aromatic N) is 1. The zero-order valence-electron chi connectivity index (χ0n) is 7.61. The van der Waals surface area contributed by atoms with Crippen LogP contribution >= 0.6 is 11.6 Å². The van der Waals surface area contributed by atoms with Crippen LogP contribution in [0.3, 0.4) is 0 Å². The predicted molar refractivity (Wildman–Crippen MR) is 49.3 cm³/mol. The van der Waals surface area contributed by atoms with Gasteiger partial charge in [0.25, 0.3) is 5.56 Å². The van der Waals surface area contributed by atoms with Gasteiger partial charge in [-0.3, -0.25) is 4.79 Å². The van der Waals surface area contributed by atoms with Gasteiger partial charge >= 0.3 is 12.3 Å². The molecule has 9 heteroatoms. The average molecular weight is 260 g/mol. The van der Waals surface area contributed by atoms with Crippen molar-refractivity contribution in [2.45, 2.75) is 12.3 Å². The zero-order valence-corrected chi connectivity index (χ0v) is 8.36. The molecule has 0 saturated heterocycles. The first-order valence-electron chi connectivity index (χ1n) is 3.97. The number of hydrogen-bond donors (Lipinski definition) is 2. The maximum atomic E-state index is 12.5. The van der Waals surface area contributed by atoms with E-state index in [0.29, 0.717) is 0 Å². The maximum absolute atomic E-state index is 12.5. The molecule has 0 aliphatic heterocycles. The molecule has 1 rings (SSSR count). The Bertz CT molecular complexity index is 422. The highest BCUT2D eigenvalue weighted by atomic mass is 35.5. The van der Waals surface area contributed by atoms with E-state index in [-0.39, 0.29) is 5.69 Å². The topological polar surface area (TPSA) is 57.8 Å². The van der Waals surface area contributed by atoms with Crippen LogP contribution in [0.1, 0.15) is 0 Å². The van der Waals surface area contributed by atoms with E-state index in [4.69, 9.17) is 11.6 Å². The fraction of sp³-hybridized carbons (Fsp3) is 0.429. The van der Waals surface area contributed by atoms with E-state index >= 15 is 0 Å². The monoisotopic (exact) mass is 259 g/mol. The number of alkyl halides is 4. The summed E-state index contributed by atoms with van der Waals surface area (Å²) in [6.07, 6.45) is -2.85. The third-order valence-electron chi connectivity index (χ3n) is 1.63. The summed E-state index contributed by atoms with van der Waals surface area (Å²) in [4.78, 5) is 10.9. The normalized spacial score (nSPS) is 11.9. The van der Waals surface area contributed by atoms with Gasteiger partial charge in [-0.15, -0.1) is 0 Å². The molecule has 1 aromatic heterocycles. The van der Waals surface area contributed by atoms with Crippen molar-refractivity contribution in [2.75, 3.05) is 11.9 Å². The van der Waals surface area contributed by atoms with Gasteiger partial charge in [-0.25, -0.2) is 13.9 Å². The molecule has 0 atom stereocenters. The van der Waals surface area contributed by atoms with Crippen molar-refractivity contribution in [3.63, 3.8) is 0 Å². The summed E-state index contributed by atoms with van der Waals surface area (Å²) in [6.45, 7) is -1.34. The number of H-pyrrole nitrogens is 1. The van der Waals surface area contributed by atoms with Gasteiger partial charge in [0.05, 0.1) is 18.4 Å². The van der Waals surface area contributed by atoms with Crippen LogP contribution in [-0.2, 0) is 0 Å². The Kier molecular flexibility index (Phi) is 3.74. The smallest absolute Gasteiger partial charge is 0.324 e. The first kappa shape index (κ1) is 12.8. The minimum Gasteiger partial charge on any atom is -0.376 e. The summed E-state index contributed by atoms with van der Waals surface area (Å²) in [5, 5.41) is 6.73. The van der Waals surface area contributed by atoms with Crippen LogP contribution in [0, 0.1) is 0 Å². The molecule has 0 aliphatic rings. The highest BCUT2D eigenvalue weighted by Gasteiger charge is 2.40. The van der Waals surface area contributed by atoms with Gasteiger partial charge in [-0.1, -0.05) is 11.6 Å². The summed E-state index contributed by atoms with van der Waals surface area (Å²) in [6, 6.07) is 0. The van der Waals surface area contributed by atoms with Crippen LogP contribution in [0.15, 0.2) is 11.0 Å². The molecule has 0 saturated carbocycles. The van der Waals surface area contributed by atoms with Gasteiger partial charge in [0.2, 0.25) is 0 Å². The Morgan fingerprint density at radius 3 is 2.75 bits per heavy atom. The van der Waals surface area contributed by atoms with E-state index in [0.717, 1.165) is 6.20 Å². The summed E-state index contributed by atoms with van der Waals surface area (Å²) in [7, 11) is 0. The molecular weight excluding hydrogens is 254 g/mol. The predicted octanol–water partition coefficient (Wildman–Crippen LogP) is 1.74. The molecule has 0 aromatic carbocycles. The lowest BCUT2D eigenvalue weighted by atomic mass is 10.3. The molecular formula is C7H6ClF4N3O. The van der Waals surface area contributed by atoms with Crippen molar-refractivity contribution in [1.29, 1.82) is 0 Å². The molecule has 1 heterocycles. The Balaban J connectivity index is 2.76. The number of rotatable bonds is 4. The second kappa shape index (κ2) is 4.69. The molecule has 0 amide bonds. The first-order valence-corrected chi connectivity index (χ1v) is 4.35. The minimum atomic E-state index is -4.20. The SMILES string of the molecule is O=c1[nH]ncc(NCC(F)(F)C(F)F)c1Cl. The standard InChI is InChI=1S/C7H6ClF4N3O/c8-4-3(1-14-15-5(4)16)13-2-7(11,12)6(9)10/h1,6H,2H2,(H2,13,15,16). The van der Waals surface area contributed by atoms with Crippen LogP contribution in [0.25, 0.3) is 0 Å². The van der Waals surface area contributed by atoms with E-state index in [2.05, 4.69) is 5.10 Å². The highest BCUT2D eigenvalue weighted by Crippen LogP contribution is 2.24. The van der Waals surface area contributed by atoms with E-state index in [1.807, 2.05) is 10.4 Å². The van der Waals surface area contributed by atoms with Crippen molar-refractivity contribution in [3.8, 4) is 0 Å². The lowest BCUT2D eigenvalue weighted by Gasteiger charge is -2.16. The van der Waals surface area contributed by atoms with Crippen molar-refractivity contribution >= 4 is 17.3 Å². The van der Waals surface area contributed by atoms with Gasteiger partial charge in [0, 0.05) is 0 Å². The molecule has 0 bridgehead atoms. The van der Waals surface area contributed by atoms with Gasteiger partial charge in [0.15, 0.2) is 0 Å². The van der Waals surface area contributed by atoms with Gasteiger partial charge in [0.1, 0.15) is 5.02 Å². The third kappa shape index (κ3) is 2.84. The second-order valence-corrected chi connectivity index (χ2v) is 3.22. The van der Waals surface area contributed by atoms with E-state index in [9.17, 15) is 22.4 Å². The van der Waals surface area contributed by atoms with Crippen LogP contribution in [0.5, 0.6) is 0 Å². The lowest BCUT2D eigenvalue weighted by Crippen LogP contribution is -2.35. The van der Waals surface area contributed by atoms with Crippen molar-refractivity contribution in [2.24, 2.45) is 0 Å². The molecule has 0 radical (unpaired) electrons. The fourth-order valence-corrected chi connectivity index (χ4v) is 0.955. The van der Waals surface area contributed by atoms with Crippen LogP contribution in [-0.4, -0.2) is 29.1 Å². The average Bonchev–Trinajstić information content (AvgIpc) is 2.20. The molecule has 1 aromatic rings. The number of aromatic nitrogens is 2. The van der Waals surface area contributed by atoms with Crippen LogP contribution in [0.2, 0.25) is 5.02 Å².